The molecule has 3 rings (SSSR count). The van der Waals surface area contributed by atoms with Crippen molar-refractivity contribution >= 4 is 33.8 Å². The molecule has 2 amide bonds. The minimum atomic E-state index is -0.523. The molecular weight excluding hydrogens is 484 g/mol. The van der Waals surface area contributed by atoms with E-state index in [4.69, 9.17) is 9.47 Å². The van der Waals surface area contributed by atoms with Crippen LogP contribution in [0.3, 0.4) is 0 Å². The number of hydrogen-bond donors (Lipinski definition) is 2. The van der Waals surface area contributed by atoms with Crippen molar-refractivity contribution in [3.63, 3.8) is 0 Å². The molecule has 0 bridgehead atoms. The zero-order valence-electron chi connectivity index (χ0n) is 18.6. The highest BCUT2D eigenvalue weighted by Crippen LogP contribution is 2.19. The van der Waals surface area contributed by atoms with Crippen LogP contribution in [-0.4, -0.2) is 18.8 Å². The summed E-state index contributed by atoms with van der Waals surface area (Å²) in [4.78, 5) is 24.3. The minimum absolute atomic E-state index is 0.201. The van der Waals surface area contributed by atoms with Crippen molar-refractivity contribution in [3.8, 4) is 0 Å². The van der Waals surface area contributed by atoms with Crippen molar-refractivity contribution < 1.29 is 19.1 Å². The van der Waals surface area contributed by atoms with Gasteiger partial charge in [0.25, 0.3) is 0 Å². The van der Waals surface area contributed by atoms with Crippen LogP contribution in [0.2, 0.25) is 0 Å². The quantitative estimate of drug-likeness (QED) is 0.360. The summed E-state index contributed by atoms with van der Waals surface area (Å²) in [5, 5.41) is 5.53. The van der Waals surface area contributed by atoms with Crippen molar-refractivity contribution in [1.29, 1.82) is 0 Å². The number of halogens is 1. The monoisotopic (exact) mass is 510 g/mol. The van der Waals surface area contributed by atoms with E-state index in [2.05, 4.69) is 26.6 Å². The fraction of sp³-hybridized carbons (Fsp3) is 0.231. The first-order valence-corrected chi connectivity index (χ1v) is 11.5. The van der Waals surface area contributed by atoms with E-state index in [1.165, 1.54) is 0 Å². The Morgan fingerprint density at radius 2 is 1.73 bits per heavy atom. The number of carbonyl (C=O) groups excluding carboxylic acids is 2. The Morgan fingerprint density at radius 1 is 0.939 bits per heavy atom. The first-order valence-electron chi connectivity index (χ1n) is 10.7. The maximum Gasteiger partial charge on any atom is 0.411 e. The molecule has 0 spiro atoms. The number of amides is 2. The molecule has 0 saturated heterocycles. The summed E-state index contributed by atoms with van der Waals surface area (Å²) in [6.07, 6.45) is -0.393. The maximum absolute atomic E-state index is 12.2. The maximum atomic E-state index is 12.2. The highest BCUT2D eigenvalue weighted by atomic mass is 79.9. The fourth-order valence-corrected chi connectivity index (χ4v) is 3.73. The summed E-state index contributed by atoms with van der Waals surface area (Å²) >= 11 is 3.45. The van der Waals surface area contributed by atoms with Crippen molar-refractivity contribution in [1.82, 2.24) is 5.32 Å². The Hall–Kier alpha value is -3.32. The summed E-state index contributed by atoms with van der Waals surface area (Å²) < 4.78 is 11.6. The summed E-state index contributed by atoms with van der Waals surface area (Å²) in [6.45, 7) is 4.35. The lowest BCUT2D eigenvalue weighted by Gasteiger charge is -2.16. The molecule has 0 heterocycles. The first kappa shape index (κ1) is 24.3. The number of anilines is 1. The third-order valence-electron chi connectivity index (χ3n) is 5.09. The van der Waals surface area contributed by atoms with Gasteiger partial charge in [-0.25, -0.2) is 9.59 Å². The van der Waals surface area contributed by atoms with E-state index in [9.17, 15) is 9.59 Å². The second kappa shape index (κ2) is 12.1. The minimum Gasteiger partial charge on any atom is -0.449 e. The molecule has 1 atom stereocenters. The van der Waals surface area contributed by atoms with Crippen LogP contribution in [0, 0.1) is 6.92 Å². The molecule has 172 valence electrons. The number of hydrogen-bond acceptors (Lipinski definition) is 4. The molecule has 6 nitrogen and oxygen atoms in total. The number of rotatable bonds is 8. The molecule has 3 aromatic rings. The van der Waals surface area contributed by atoms with Crippen LogP contribution in [0.4, 0.5) is 15.3 Å². The zero-order chi connectivity index (χ0) is 23.6. The predicted octanol–water partition coefficient (Wildman–Crippen LogP) is 6.54. The highest BCUT2D eigenvalue weighted by Gasteiger charge is 2.12. The van der Waals surface area contributed by atoms with Gasteiger partial charge in [0.15, 0.2) is 0 Å². The number of alkyl carbamates (subject to hydrolysis) is 1. The Morgan fingerprint density at radius 3 is 2.48 bits per heavy atom. The molecule has 33 heavy (non-hydrogen) atoms. The third-order valence-corrected chi connectivity index (χ3v) is 5.58. The summed E-state index contributed by atoms with van der Waals surface area (Å²) in [7, 11) is 0. The molecular formula is C26H27BrN2O4. The molecule has 0 saturated carbocycles. The lowest BCUT2D eigenvalue weighted by Crippen LogP contribution is -2.27. The number of nitrogens with one attached hydrogen (secondary N) is 2. The van der Waals surface area contributed by atoms with Crippen LogP contribution in [-0.2, 0) is 22.5 Å². The SMILES string of the molecule is Cc1cc(Br)ccc1CCOC(=O)Nc1cccc([C@@H](C)NC(=O)OCc2ccccc2)c1. The summed E-state index contributed by atoms with van der Waals surface area (Å²) in [6, 6.07) is 22.4. The van der Waals surface area contributed by atoms with Crippen molar-refractivity contribution in [3.05, 3.63) is 99.5 Å². The molecule has 0 aliphatic carbocycles. The van der Waals surface area contributed by atoms with Crippen LogP contribution in [0.1, 0.15) is 35.2 Å². The van der Waals surface area contributed by atoms with E-state index < -0.39 is 12.2 Å². The van der Waals surface area contributed by atoms with Gasteiger partial charge in [0, 0.05) is 16.6 Å². The van der Waals surface area contributed by atoms with E-state index in [0.717, 1.165) is 26.7 Å². The number of carbonyl (C=O) groups is 2. The van der Waals surface area contributed by atoms with Gasteiger partial charge in [0.1, 0.15) is 6.61 Å². The van der Waals surface area contributed by atoms with Gasteiger partial charge >= 0.3 is 12.2 Å². The largest absolute Gasteiger partial charge is 0.449 e. The molecule has 0 aromatic heterocycles. The number of ether oxygens (including phenoxy) is 2. The second-order valence-electron chi connectivity index (χ2n) is 7.63. The van der Waals surface area contributed by atoms with Crippen molar-refractivity contribution in [2.75, 3.05) is 11.9 Å². The lowest BCUT2D eigenvalue weighted by atomic mass is 10.1. The Balaban J connectivity index is 1.45. The first-order chi connectivity index (χ1) is 15.9. The lowest BCUT2D eigenvalue weighted by molar-refractivity contribution is 0.136. The van der Waals surface area contributed by atoms with Gasteiger partial charge in [-0.05, 0) is 60.4 Å². The second-order valence-corrected chi connectivity index (χ2v) is 8.55. The van der Waals surface area contributed by atoms with Gasteiger partial charge in [0.05, 0.1) is 12.6 Å². The average molecular weight is 511 g/mol. The van der Waals surface area contributed by atoms with Crippen LogP contribution in [0.15, 0.2) is 77.3 Å². The van der Waals surface area contributed by atoms with Crippen LogP contribution in [0.5, 0.6) is 0 Å². The molecule has 0 unspecified atom stereocenters. The van der Waals surface area contributed by atoms with E-state index in [1.807, 2.05) is 74.5 Å². The highest BCUT2D eigenvalue weighted by molar-refractivity contribution is 9.10. The average Bonchev–Trinajstić information content (AvgIpc) is 2.80. The van der Waals surface area contributed by atoms with Gasteiger partial charge < -0.3 is 14.8 Å². The number of aryl methyl sites for hydroxylation is 1. The summed E-state index contributed by atoms with van der Waals surface area (Å²) in [5.41, 5.74) is 4.61. The topological polar surface area (TPSA) is 76.7 Å². The Bertz CT molecular complexity index is 1090. The fourth-order valence-electron chi connectivity index (χ4n) is 3.26. The van der Waals surface area contributed by atoms with Gasteiger partial charge in [0.2, 0.25) is 0 Å². The molecule has 7 heteroatoms. The van der Waals surface area contributed by atoms with Crippen LogP contribution in [0.25, 0.3) is 0 Å². The van der Waals surface area contributed by atoms with E-state index in [1.54, 1.807) is 12.1 Å². The van der Waals surface area contributed by atoms with Gasteiger partial charge in [-0.2, -0.15) is 0 Å². The van der Waals surface area contributed by atoms with Gasteiger partial charge in [-0.15, -0.1) is 0 Å². The smallest absolute Gasteiger partial charge is 0.411 e. The molecule has 0 aliphatic heterocycles. The Kier molecular flexibility index (Phi) is 8.89. The standard InChI is InChI=1S/C26H27BrN2O4/c1-18-15-23(27)12-11-21(18)13-14-32-26(31)29-24-10-6-9-22(16-24)19(2)28-25(30)33-17-20-7-4-3-5-8-20/h3-12,15-16,19H,13-14,17H2,1-2H3,(H,28,30)(H,29,31)/t19-/m1/s1. The molecule has 0 radical (unpaired) electrons. The molecule has 3 aromatic carbocycles. The van der Waals surface area contributed by atoms with Gasteiger partial charge in [-0.3, -0.25) is 5.32 Å². The normalized spacial score (nSPS) is 11.4. The van der Waals surface area contributed by atoms with E-state index in [-0.39, 0.29) is 19.3 Å². The third kappa shape index (κ3) is 7.95. The van der Waals surface area contributed by atoms with Crippen LogP contribution >= 0.6 is 15.9 Å². The van der Waals surface area contributed by atoms with Crippen molar-refractivity contribution in [2.45, 2.75) is 32.9 Å². The summed E-state index contributed by atoms with van der Waals surface area (Å²) in [5.74, 6) is 0. The number of benzene rings is 3. The van der Waals surface area contributed by atoms with Crippen LogP contribution < -0.4 is 10.6 Å². The van der Waals surface area contributed by atoms with Crippen molar-refractivity contribution in [2.24, 2.45) is 0 Å². The van der Waals surface area contributed by atoms with Gasteiger partial charge in [-0.1, -0.05) is 64.5 Å². The Labute approximate surface area is 202 Å². The molecule has 0 fully saturated rings. The predicted molar refractivity (Wildman–Crippen MR) is 132 cm³/mol. The zero-order valence-corrected chi connectivity index (χ0v) is 20.2. The molecule has 0 aliphatic rings. The van der Waals surface area contributed by atoms with E-state index >= 15 is 0 Å². The molecule has 2 N–H and O–H groups in total. The van der Waals surface area contributed by atoms with E-state index in [0.29, 0.717) is 12.1 Å².